The van der Waals surface area contributed by atoms with Crippen LogP contribution in [0.4, 0.5) is 5.69 Å². The Hall–Kier alpha value is -3.40. The van der Waals surface area contributed by atoms with Gasteiger partial charge < -0.3 is 10.1 Å². The van der Waals surface area contributed by atoms with Crippen LogP contribution >= 0.6 is 0 Å². The number of para-hydroxylation sites is 2. The minimum Gasteiger partial charge on any atom is -0.457 e. The number of ketones is 1. The lowest BCUT2D eigenvalue weighted by atomic mass is 9.84. The van der Waals surface area contributed by atoms with Crippen LogP contribution < -0.4 is 10.1 Å². The molecule has 1 heterocycles. The van der Waals surface area contributed by atoms with E-state index in [0.717, 1.165) is 51.8 Å². The molecule has 1 fully saturated rings. The number of hydrogen-bond acceptors (Lipinski definition) is 3. The minimum absolute atomic E-state index is 0.0244. The maximum absolute atomic E-state index is 13.6. The summed E-state index contributed by atoms with van der Waals surface area (Å²) in [5, 5.41) is 3.26. The van der Waals surface area contributed by atoms with Gasteiger partial charge in [0.1, 0.15) is 17.3 Å². The van der Waals surface area contributed by atoms with Gasteiger partial charge in [0, 0.05) is 42.0 Å². The molecule has 0 saturated heterocycles. The number of anilines is 1. The molecule has 0 spiro atoms. The average Bonchev–Trinajstić information content (AvgIpc) is 3.23. The Morgan fingerprint density at radius 1 is 0.829 bits per heavy atom. The van der Waals surface area contributed by atoms with Gasteiger partial charge in [0.2, 0.25) is 5.91 Å². The van der Waals surface area contributed by atoms with Gasteiger partial charge in [-0.2, -0.15) is 0 Å². The number of carbonyl (C=O) groups excluding carboxylic acids is 2. The lowest BCUT2D eigenvalue weighted by molar-refractivity contribution is -0.119. The van der Waals surface area contributed by atoms with E-state index >= 15 is 0 Å². The Morgan fingerprint density at radius 2 is 1.46 bits per heavy atom. The van der Waals surface area contributed by atoms with E-state index in [1.807, 2.05) is 36.4 Å². The van der Waals surface area contributed by atoms with Crippen molar-refractivity contribution >= 4 is 17.4 Å². The standard InChI is InChI=1S/C37H45NO3/c1-37(2,3)32-23-20-27(19-22-28(39)21-18-26-12-6-4-5-7-13-26)24-33(32)38-36(40)25-31-29-14-8-10-16-34(29)41-35-17-11-9-15-30(31)35/h8-11,14-17,20,23-24,26,31H,4-7,12-13,18-19,21-22,25H2,1-3H3,(H,38,40). The highest BCUT2D eigenvalue weighted by molar-refractivity contribution is 5.93. The van der Waals surface area contributed by atoms with Crippen LogP contribution in [-0.4, -0.2) is 11.7 Å². The Kier molecular flexibility index (Phi) is 9.27. The number of carbonyl (C=O) groups is 2. The van der Waals surface area contributed by atoms with E-state index in [-0.39, 0.29) is 17.2 Å². The van der Waals surface area contributed by atoms with Crippen LogP contribution in [0.5, 0.6) is 11.5 Å². The van der Waals surface area contributed by atoms with Gasteiger partial charge in [-0.15, -0.1) is 0 Å². The first kappa shape index (κ1) is 29.1. The molecule has 4 nitrogen and oxygen atoms in total. The summed E-state index contributed by atoms with van der Waals surface area (Å²) in [6, 6.07) is 22.3. The van der Waals surface area contributed by atoms with Crippen molar-refractivity contribution in [2.75, 3.05) is 5.32 Å². The van der Waals surface area contributed by atoms with Crippen LogP contribution in [0, 0.1) is 5.92 Å². The summed E-state index contributed by atoms with van der Waals surface area (Å²) in [5.41, 5.74) is 4.98. The number of Topliss-reactive ketones (excluding diaryl/α,β-unsaturated/α-hetero) is 1. The van der Waals surface area contributed by atoms with Crippen LogP contribution in [0.3, 0.4) is 0 Å². The van der Waals surface area contributed by atoms with Gasteiger partial charge in [-0.1, -0.05) is 108 Å². The van der Waals surface area contributed by atoms with Gasteiger partial charge in [-0.05, 0) is 53.5 Å². The minimum atomic E-state index is -0.131. The number of rotatable bonds is 9. The zero-order valence-corrected chi connectivity index (χ0v) is 25.0. The molecule has 0 radical (unpaired) electrons. The second-order valence-corrected chi connectivity index (χ2v) is 13.0. The second kappa shape index (κ2) is 13.1. The Bertz CT molecular complexity index is 1320. The normalized spacial score (nSPS) is 15.8. The summed E-state index contributed by atoms with van der Waals surface area (Å²) in [6.45, 7) is 6.50. The summed E-state index contributed by atoms with van der Waals surface area (Å²) < 4.78 is 6.13. The molecule has 1 aliphatic heterocycles. The van der Waals surface area contributed by atoms with Crippen LogP contribution in [0.1, 0.15) is 113 Å². The van der Waals surface area contributed by atoms with Crippen molar-refractivity contribution in [2.45, 2.75) is 103 Å². The molecule has 3 aromatic carbocycles. The fourth-order valence-corrected chi connectivity index (χ4v) is 6.55. The number of hydrogen-bond donors (Lipinski definition) is 1. The number of aryl methyl sites for hydroxylation is 1. The second-order valence-electron chi connectivity index (χ2n) is 13.0. The fourth-order valence-electron chi connectivity index (χ4n) is 6.55. The summed E-state index contributed by atoms with van der Waals surface area (Å²) in [7, 11) is 0. The van der Waals surface area contributed by atoms with E-state index in [1.165, 1.54) is 38.5 Å². The van der Waals surface area contributed by atoms with Gasteiger partial charge in [0.05, 0.1) is 0 Å². The highest BCUT2D eigenvalue weighted by Crippen LogP contribution is 2.45. The number of fused-ring (bicyclic) bond motifs is 2. The molecule has 3 aromatic rings. The van der Waals surface area contributed by atoms with E-state index in [0.29, 0.717) is 31.5 Å². The van der Waals surface area contributed by atoms with Crippen molar-refractivity contribution in [1.82, 2.24) is 0 Å². The van der Waals surface area contributed by atoms with Crippen LogP contribution in [-0.2, 0) is 21.4 Å². The molecule has 0 bridgehead atoms. The molecular weight excluding hydrogens is 506 g/mol. The van der Waals surface area contributed by atoms with E-state index in [4.69, 9.17) is 4.74 Å². The predicted octanol–water partition coefficient (Wildman–Crippen LogP) is 9.50. The third kappa shape index (κ3) is 7.47. The number of benzene rings is 3. The van der Waals surface area contributed by atoms with E-state index < -0.39 is 0 Å². The van der Waals surface area contributed by atoms with Crippen molar-refractivity contribution < 1.29 is 14.3 Å². The van der Waals surface area contributed by atoms with Gasteiger partial charge in [-0.25, -0.2) is 0 Å². The fraction of sp³-hybridized carbons (Fsp3) is 0.459. The number of nitrogens with one attached hydrogen (secondary N) is 1. The first-order valence-electron chi connectivity index (χ1n) is 15.6. The topological polar surface area (TPSA) is 55.4 Å². The van der Waals surface area contributed by atoms with Crippen molar-refractivity contribution in [3.05, 3.63) is 89.0 Å². The number of amides is 1. The van der Waals surface area contributed by atoms with Gasteiger partial charge >= 0.3 is 0 Å². The molecule has 1 aliphatic carbocycles. The first-order valence-corrected chi connectivity index (χ1v) is 15.6. The monoisotopic (exact) mass is 551 g/mol. The lowest BCUT2D eigenvalue weighted by Crippen LogP contribution is -2.22. The quantitative estimate of drug-likeness (QED) is 0.269. The maximum Gasteiger partial charge on any atom is 0.225 e. The summed E-state index contributed by atoms with van der Waals surface area (Å²) in [6.07, 6.45) is 11.2. The highest BCUT2D eigenvalue weighted by Gasteiger charge is 2.29. The van der Waals surface area contributed by atoms with Crippen LogP contribution in [0.2, 0.25) is 0 Å². The lowest BCUT2D eigenvalue weighted by Gasteiger charge is -2.28. The Balaban J connectivity index is 1.26. The van der Waals surface area contributed by atoms with Crippen LogP contribution in [0.25, 0.3) is 0 Å². The van der Waals surface area contributed by atoms with E-state index in [9.17, 15) is 9.59 Å². The third-order valence-corrected chi connectivity index (χ3v) is 8.86. The number of ether oxygens (including phenoxy) is 1. The van der Waals surface area contributed by atoms with E-state index in [2.05, 4.69) is 56.4 Å². The molecule has 0 aromatic heterocycles. The summed E-state index contributed by atoms with van der Waals surface area (Å²) in [5.74, 6) is 2.60. The Labute approximate surface area is 245 Å². The van der Waals surface area contributed by atoms with Crippen molar-refractivity contribution in [3.63, 3.8) is 0 Å². The SMILES string of the molecule is CC(C)(C)c1ccc(CCC(=O)CCC2CCCCCC2)cc1NC(=O)CC1c2ccccc2Oc2ccccc21. The zero-order valence-electron chi connectivity index (χ0n) is 25.0. The molecule has 1 amide bonds. The van der Waals surface area contributed by atoms with Gasteiger partial charge in [0.15, 0.2) is 0 Å². The van der Waals surface area contributed by atoms with Crippen LogP contribution in [0.15, 0.2) is 66.7 Å². The maximum atomic E-state index is 13.6. The molecule has 1 N–H and O–H groups in total. The smallest absolute Gasteiger partial charge is 0.225 e. The molecule has 41 heavy (non-hydrogen) atoms. The molecule has 216 valence electrons. The largest absolute Gasteiger partial charge is 0.457 e. The molecule has 2 aliphatic rings. The predicted molar refractivity (Wildman–Crippen MR) is 167 cm³/mol. The molecule has 1 saturated carbocycles. The zero-order chi connectivity index (χ0) is 28.8. The molecule has 0 atom stereocenters. The third-order valence-electron chi connectivity index (χ3n) is 8.86. The van der Waals surface area contributed by atoms with Crippen molar-refractivity contribution in [2.24, 2.45) is 5.92 Å². The van der Waals surface area contributed by atoms with Gasteiger partial charge in [-0.3, -0.25) is 9.59 Å². The highest BCUT2D eigenvalue weighted by atomic mass is 16.5. The van der Waals surface area contributed by atoms with E-state index in [1.54, 1.807) is 0 Å². The molecule has 0 unspecified atom stereocenters. The molecule has 5 rings (SSSR count). The summed E-state index contributed by atoms with van der Waals surface area (Å²) in [4.78, 5) is 26.4. The first-order chi connectivity index (χ1) is 19.8. The molecule has 4 heteroatoms. The van der Waals surface area contributed by atoms with Crippen molar-refractivity contribution in [3.8, 4) is 11.5 Å². The Morgan fingerprint density at radius 3 is 2.10 bits per heavy atom. The van der Waals surface area contributed by atoms with Gasteiger partial charge in [0.25, 0.3) is 0 Å². The van der Waals surface area contributed by atoms with Crippen molar-refractivity contribution in [1.29, 1.82) is 0 Å². The molecular formula is C37H45NO3. The average molecular weight is 552 g/mol. The summed E-state index contributed by atoms with van der Waals surface area (Å²) >= 11 is 0.